The van der Waals surface area contributed by atoms with Crippen LogP contribution < -0.4 is 10.6 Å². The highest BCUT2D eigenvalue weighted by Gasteiger charge is 2.10. The summed E-state index contributed by atoms with van der Waals surface area (Å²) in [6, 6.07) is 7.35. The van der Waals surface area contributed by atoms with E-state index < -0.39 is 12.0 Å². The van der Waals surface area contributed by atoms with Crippen molar-refractivity contribution in [1.82, 2.24) is 5.32 Å². The molecule has 1 aromatic heterocycles. The lowest BCUT2D eigenvalue weighted by atomic mass is 10.3. The first kappa shape index (κ1) is 15.4. The van der Waals surface area contributed by atoms with Crippen LogP contribution in [0.15, 0.2) is 39.2 Å². The number of aromatic carboxylic acids is 1. The van der Waals surface area contributed by atoms with Crippen molar-refractivity contribution < 1.29 is 19.1 Å². The first-order valence-corrected chi connectivity index (χ1v) is 6.94. The number of rotatable bonds is 4. The van der Waals surface area contributed by atoms with E-state index >= 15 is 0 Å². The number of carboxylic acid groups (broad SMARTS) is 1. The molecule has 0 saturated carbocycles. The van der Waals surface area contributed by atoms with Gasteiger partial charge in [-0.2, -0.15) is 0 Å². The second kappa shape index (κ2) is 6.64. The van der Waals surface area contributed by atoms with E-state index in [0.29, 0.717) is 16.5 Å². The molecule has 0 aliphatic carbocycles. The van der Waals surface area contributed by atoms with Crippen LogP contribution in [0, 0.1) is 0 Å². The summed E-state index contributed by atoms with van der Waals surface area (Å²) in [4.78, 5) is 22.3. The highest BCUT2D eigenvalue weighted by Crippen LogP contribution is 2.25. The van der Waals surface area contributed by atoms with Crippen LogP contribution >= 0.6 is 27.5 Å². The normalized spacial score (nSPS) is 10.2. The lowest BCUT2D eigenvalue weighted by molar-refractivity contribution is 0.0660. The van der Waals surface area contributed by atoms with Gasteiger partial charge in [-0.1, -0.05) is 11.6 Å². The van der Waals surface area contributed by atoms with E-state index in [4.69, 9.17) is 21.1 Å². The van der Waals surface area contributed by atoms with Gasteiger partial charge < -0.3 is 20.2 Å². The molecule has 0 bridgehead atoms. The van der Waals surface area contributed by atoms with Crippen molar-refractivity contribution >= 4 is 45.2 Å². The van der Waals surface area contributed by atoms with Crippen molar-refractivity contribution in [3.63, 3.8) is 0 Å². The van der Waals surface area contributed by atoms with Gasteiger partial charge in [0.25, 0.3) is 0 Å². The molecule has 2 aromatic rings. The van der Waals surface area contributed by atoms with Gasteiger partial charge in [0.05, 0.1) is 11.6 Å². The van der Waals surface area contributed by atoms with Crippen molar-refractivity contribution in [3.8, 4) is 0 Å². The molecule has 0 aliphatic heterocycles. The van der Waals surface area contributed by atoms with Gasteiger partial charge in [-0.3, -0.25) is 0 Å². The average Bonchev–Trinajstić information content (AvgIpc) is 2.90. The summed E-state index contributed by atoms with van der Waals surface area (Å²) in [5.41, 5.74) is 0.534. The topological polar surface area (TPSA) is 91.6 Å². The van der Waals surface area contributed by atoms with Gasteiger partial charge in [-0.05, 0) is 46.3 Å². The summed E-state index contributed by atoms with van der Waals surface area (Å²) >= 11 is 9.16. The van der Waals surface area contributed by atoms with Gasteiger partial charge in [0.2, 0.25) is 5.76 Å². The highest BCUT2D eigenvalue weighted by molar-refractivity contribution is 9.10. The van der Waals surface area contributed by atoms with Crippen molar-refractivity contribution in [2.75, 3.05) is 5.32 Å². The molecule has 2 rings (SSSR count). The number of urea groups is 1. The zero-order valence-electron chi connectivity index (χ0n) is 10.5. The van der Waals surface area contributed by atoms with Gasteiger partial charge in [0.1, 0.15) is 5.76 Å². The minimum atomic E-state index is -1.16. The van der Waals surface area contributed by atoms with Crippen molar-refractivity contribution in [2.45, 2.75) is 6.54 Å². The van der Waals surface area contributed by atoms with E-state index in [1.165, 1.54) is 12.1 Å². The molecule has 1 heterocycles. The molecule has 2 amide bonds. The Kier molecular flexibility index (Phi) is 4.87. The van der Waals surface area contributed by atoms with E-state index in [1.54, 1.807) is 18.2 Å². The van der Waals surface area contributed by atoms with Crippen molar-refractivity contribution in [2.24, 2.45) is 0 Å². The molecular formula is C13H10BrClN2O4. The summed E-state index contributed by atoms with van der Waals surface area (Å²) in [7, 11) is 0. The molecule has 21 heavy (non-hydrogen) atoms. The molecule has 0 fully saturated rings. The second-order valence-electron chi connectivity index (χ2n) is 4.01. The Hall–Kier alpha value is -1.99. The monoisotopic (exact) mass is 372 g/mol. The van der Waals surface area contributed by atoms with Gasteiger partial charge in [0.15, 0.2) is 0 Å². The minimum absolute atomic E-state index is 0.0728. The molecule has 0 unspecified atom stereocenters. The van der Waals surface area contributed by atoms with E-state index in [9.17, 15) is 9.59 Å². The fraction of sp³-hybridized carbons (Fsp3) is 0.0769. The number of hydrogen-bond donors (Lipinski definition) is 3. The van der Waals surface area contributed by atoms with E-state index in [-0.39, 0.29) is 12.3 Å². The Labute approximate surface area is 133 Å². The predicted molar refractivity (Wildman–Crippen MR) is 80.7 cm³/mol. The Balaban J connectivity index is 1.89. The predicted octanol–water partition coefficient (Wildman–Crippen LogP) is 3.72. The number of furan rings is 1. The SMILES string of the molecule is O=C(NCc1ccc(C(=O)O)o1)Nc1ccc(Br)c(Cl)c1. The van der Waals surface area contributed by atoms with Crippen LogP contribution in [0.25, 0.3) is 0 Å². The number of hydrogen-bond acceptors (Lipinski definition) is 3. The maximum absolute atomic E-state index is 11.7. The van der Waals surface area contributed by atoms with Crippen LogP contribution in [0.2, 0.25) is 5.02 Å². The number of carboxylic acids is 1. The first-order valence-electron chi connectivity index (χ1n) is 5.77. The largest absolute Gasteiger partial charge is 0.475 e. The third-order valence-electron chi connectivity index (χ3n) is 2.47. The molecule has 1 aromatic carbocycles. The molecule has 0 aliphatic rings. The minimum Gasteiger partial charge on any atom is -0.475 e. The molecule has 0 atom stereocenters. The third kappa shape index (κ3) is 4.24. The summed E-state index contributed by atoms with van der Waals surface area (Å²) < 4.78 is 5.74. The molecule has 110 valence electrons. The number of nitrogens with one attached hydrogen (secondary N) is 2. The number of amides is 2. The molecule has 0 spiro atoms. The van der Waals surface area contributed by atoms with E-state index in [1.807, 2.05) is 0 Å². The fourth-order valence-corrected chi connectivity index (χ4v) is 1.93. The zero-order valence-corrected chi connectivity index (χ0v) is 12.9. The van der Waals surface area contributed by atoms with Crippen molar-refractivity contribution in [1.29, 1.82) is 0 Å². The van der Waals surface area contributed by atoms with Crippen molar-refractivity contribution in [3.05, 3.63) is 51.3 Å². The summed E-state index contributed by atoms with van der Waals surface area (Å²) in [6.45, 7) is 0.0728. The second-order valence-corrected chi connectivity index (χ2v) is 5.27. The smallest absolute Gasteiger partial charge is 0.371 e. The van der Waals surface area contributed by atoms with Crippen LogP contribution in [-0.4, -0.2) is 17.1 Å². The summed E-state index contributed by atoms with van der Waals surface area (Å²) in [5, 5.41) is 14.3. The Morgan fingerprint density at radius 3 is 2.67 bits per heavy atom. The number of anilines is 1. The number of carbonyl (C=O) groups is 2. The van der Waals surface area contributed by atoms with Gasteiger partial charge in [-0.25, -0.2) is 9.59 Å². The average molecular weight is 374 g/mol. The Bertz CT molecular complexity index is 687. The zero-order chi connectivity index (χ0) is 15.4. The Morgan fingerprint density at radius 2 is 2.05 bits per heavy atom. The van der Waals surface area contributed by atoms with E-state index in [0.717, 1.165) is 4.47 Å². The van der Waals surface area contributed by atoms with Crippen LogP contribution in [0.3, 0.4) is 0 Å². The Morgan fingerprint density at radius 1 is 1.29 bits per heavy atom. The number of halogens is 2. The summed E-state index contributed by atoms with van der Waals surface area (Å²) in [5.74, 6) is -0.988. The highest BCUT2D eigenvalue weighted by atomic mass is 79.9. The first-order chi connectivity index (χ1) is 9.95. The molecule has 3 N–H and O–H groups in total. The molecule has 6 nitrogen and oxygen atoms in total. The van der Waals surface area contributed by atoms with Gasteiger partial charge in [0, 0.05) is 10.2 Å². The molecule has 0 saturated heterocycles. The lowest BCUT2D eigenvalue weighted by Crippen LogP contribution is -2.28. The van der Waals surface area contributed by atoms with Crippen LogP contribution in [0.4, 0.5) is 10.5 Å². The van der Waals surface area contributed by atoms with Crippen LogP contribution in [-0.2, 0) is 6.54 Å². The fourth-order valence-electron chi connectivity index (χ4n) is 1.50. The van der Waals surface area contributed by atoms with Crippen LogP contribution in [0.5, 0.6) is 0 Å². The number of benzene rings is 1. The number of carbonyl (C=O) groups excluding carboxylic acids is 1. The third-order valence-corrected chi connectivity index (χ3v) is 3.71. The van der Waals surface area contributed by atoms with Crippen LogP contribution in [0.1, 0.15) is 16.3 Å². The quantitative estimate of drug-likeness (QED) is 0.762. The van der Waals surface area contributed by atoms with Gasteiger partial charge in [-0.15, -0.1) is 0 Å². The van der Waals surface area contributed by atoms with E-state index in [2.05, 4.69) is 26.6 Å². The maximum atomic E-state index is 11.7. The molecule has 8 heteroatoms. The lowest BCUT2D eigenvalue weighted by Gasteiger charge is -2.07. The molecule has 0 radical (unpaired) electrons. The summed E-state index contributed by atoms with van der Waals surface area (Å²) in [6.07, 6.45) is 0. The van der Waals surface area contributed by atoms with Gasteiger partial charge >= 0.3 is 12.0 Å². The standard InChI is InChI=1S/C13H10BrClN2O4/c14-9-3-1-7(5-10(9)15)17-13(20)16-6-8-2-4-11(21-8)12(18)19/h1-5H,6H2,(H,18,19)(H2,16,17,20). The maximum Gasteiger partial charge on any atom is 0.371 e. The molecular weight excluding hydrogens is 364 g/mol.